The van der Waals surface area contributed by atoms with Gasteiger partial charge in [-0.2, -0.15) is 0 Å². The molecule has 1 saturated carbocycles. The van der Waals surface area contributed by atoms with E-state index < -0.39 is 12.2 Å². The Hall–Kier alpha value is -1.55. The van der Waals surface area contributed by atoms with Crippen molar-refractivity contribution in [2.75, 3.05) is 18.5 Å². The average molecular weight is 360 g/mol. The highest BCUT2D eigenvalue weighted by atomic mass is 16.7. The van der Waals surface area contributed by atoms with Crippen molar-refractivity contribution < 1.29 is 17.0 Å². The Morgan fingerprint density at radius 1 is 1.38 bits per heavy atom. The second kappa shape index (κ2) is 6.88. The average Bonchev–Trinajstić information content (AvgIpc) is 2.89. The zero-order valence-corrected chi connectivity index (χ0v) is 16.2. The van der Waals surface area contributed by atoms with Gasteiger partial charge in [0.05, 0.1) is 20.7 Å². The van der Waals surface area contributed by atoms with E-state index >= 15 is 0 Å². The van der Waals surface area contributed by atoms with Gasteiger partial charge in [0.2, 0.25) is 6.29 Å². The summed E-state index contributed by atoms with van der Waals surface area (Å²) in [5, 5.41) is 0. The molecule has 2 aliphatic heterocycles. The number of nitrogens with zero attached hydrogens (tertiary/aromatic N) is 1. The normalized spacial score (nSPS) is 37.7. The lowest BCUT2D eigenvalue weighted by Crippen LogP contribution is -2.43. The van der Waals surface area contributed by atoms with Crippen LogP contribution in [-0.4, -0.2) is 32.0 Å². The van der Waals surface area contributed by atoms with Crippen molar-refractivity contribution in [3.8, 4) is 0 Å². The minimum Gasteiger partial charge on any atom is -0.435 e. The fourth-order valence-electron chi connectivity index (χ4n) is 5.10. The molecule has 0 unspecified atom stereocenters. The summed E-state index contributed by atoms with van der Waals surface area (Å²) in [6.45, 7) is 7.38. The second-order valence-electron chi connectivity index (χ2n) is 8.73. The molecule has 0 spiro atoms. The molecule has 0 amide bonds. The van der Waals surface area contributed by atoms with E-state index in [-0.39, 0.29) is 24.0 Å². The number of fused-ring (bicyclic) bond motifs is 3. The van der Waals surface area contributed by atoms with Crippen molar-refractivity contribution in [2.45, 2.75) is 58.3 Å². The Labute approximate surface area is 159 Å². The number of anilines is 1. The van der Waals surface area contributed by atoms with Gasteiger partial charge in [-0.25, -0.2) is 0 Å². The number of carbonyl (C=O) groups is 1. The van der Waals surface area contributed by atoms with E-state index in [0.717, 1.165) is 24.1 Å². The van der Waals surface area contributed by atoms with Crippen molar-refractivity contribution in [3.05, 3.63) is 29.8 Å². The summed E-state index contributed by atoms with van der Waals surface area (Å²) in [7, 11) is 1.94. The van der Waals surface area contributed by atoms with E-state index in [1.807, 2.05) is 11.9 Å². The maximum atomic E-state index is 12.8. The largest absolute Gasteiger partial charge is 0.435 e. The molecule has 0 radical (unpaired) electrons. The molecule has 2 fully saturated rings. The van der Waals surface area contributed by atoms with Crippen LogP contribution in [0.3, 0.4) is 0 Å². The number of benzene rings is 1. The van der Waals surface area contributed by atoms with Gasteiger partial charge in [0.1, 0.15) is 0 Å². The van der Waals surface area contributed by atoms with E-state index in [2.05, 4.69) is 20.8 Å². The number of cyclic esters (lactones) is 1. The number of carbonyl (C=O) groups excluding carboxylic acids is 1. The molecule has 142 valence electrons. The summed E-state index contributed by atoms with van der Waals surface area (Å²) in [6, 6.07) is 3.79. The molecule has 26 heavy (non-hydrogen) atoms. The molecular formula is C22H31NO3. The molecule has 0 aromatic heterocycles. The summed E-state index contributed by atoms with van der Waals surface area (Å²) < 4.78 is 28.5. The Morgan fingerprint density at radius 2 is 2.19 bits per heavy atom. The van der Waals surface area contributed by atoms with Gasteiger partial charge in [0.25, 0.3) is 0 Å². The molecule has 2 heterocycles. The van der Waals surface area contributed by atoms with Crippen molar-refractivity contribution in [2.24, 2.45) is 23.7 Å². The topological polar surface area (TPSA) is 38.8 Å². The molecule has 1 saturated heterocycles. The highest BCUT2D eigenvalue weighted by Gasteiger charge is 2.51. The fraction of sp³-hybridized carbons (Fsp3) is 0.682. The monoisotopic (exact) mass is 359 g/mol. The van der Waals surface area contributed by atoms with Gasteiger partial charge in [0, 0.05) is 19.3 Å². The van der Waals surface area contributed by atoms with Crippen LogP contribution in [-0.2, 0) is 14.3 Å². The van der Waals surface area contributed by atoms with Crippen LogP contribution in [0.1, 0.15) is 54.3 Å². The van der Waals surface area contributed by atoms with E-state index in [9.17, 15) is 4.79 Å². The van der Waals surface area contributed by atoms with Gasteiger partial charge < -0.3 is 14.4 Å². The van der Waals surface area contributed by atoms with Crippen LogP contribution in [0.25, 0.3) is 0 Å². The third-order valence-electron chi connectivity index (χ3n) is 6.54. The predicted octanol–water partition coefficient (Wildman–Crippen LogP) is 4.20. The molecule has 4 rings (SSSR count). The van der Waals surface area contributed by atoms with Crippen LogP contribution < -0.4 is 4.90 Å². The summed E-state index contributed by atoms with van der Waals surface area (Å²) in [5.41, 5.74) is 1.48. The fourth-order valence-corrected chi connectivity index (χ4v) is 5.10. The summed E-state index contributed by atoms with van der Waals surface area (Å²) in [4.78, 5) is 14.8. The number of ether oxygens (including phenoxy) is 2. The van der Waals surface area contributed by atoms with E-state index in [0.29, 0.717) is 30.3 Å². The zero-order chi connectivity index (χ0) is 20.2. The highest BCUT2D eigenvalue weighted by molar-refractivity contribution is 5.84. The summed E-state index contributed by atoms with van der Waals surface area (Å²) in [5.74, 6) is 0.832. The van der Waals surface area contributed by atoms with Crippen LogP contribution >= 0.6 is 0 Å². The number of rotatable bonds is 3. The Balaban J connectivity index is 1.61. The van der Waals surface area contributed by atoms with Crippen molar-refractivity contribution in [1.82, 2.24) is 0 Å². The molecule has 0 N–H and O–H groups in total. The summed E-state index contributed by atoms with van der Waals surface area (Å²) in [6.07, 6.45) is 2.96. The van der Waals surface area contributed by atoms with Gasteiger partial charge in [-0.1, -0.05) is 45.4 Å². The number of para-hydroxylation sites is 1. The molecule has 1 aliphatic carbocycles. The van der Waals surface area contributed by atoms with Crippen molar-refractivity contribution >= 4 is 11.7 Å². The minimum atomic E-state index is -0.548. The maximum Gasteiger partial charge on any atom is 0.316 e. The minimum absolute atomic E-state index is 0.101. The third-order valence-corrected chi connectivity index (χ3v) is 6.54. The quantitative estimate of drug-likeness (QED) is 0.758. The first-order valence-electron chi connectivity index (χ1n) is 10.9. The molecule has 1 aromatic carbocycles. The first-order chi connectivity index (χ1) is 13.3. The number of hydrogen-bond acceptors (Lipinski definition) is 4. The molecule has 1 aromatic rings. The van der Waals surface area contributed by atoms with Gasteiger partial charge in [-0.15, -0.1) is 0 Å². The van der Waals surface area contributed by atoms with Crippen LogP contribution in [0.15, 0.2) is 24.2 Å². The second-order valence-corrected chi connectivity index (χ2v) is 8.73. The maximum absolute atomic E-state index is 12.8. The molecule has 4 heteroatoms. The van der Waals surface area contributed by atoms with Crippen LogP contribution in [0, 0.1) is 23.7 Å². The predicted molar refractivity (Wildman–Crippen MR) is 102 cm³/mol. The molecule has 4 nitrogen and oxygen atoms in total. The Kier molecular flexibility index (Phi) is 4.10. The third kappa shape index (κ3) is 3.02. The lowest BCUT2D eigenvalue weighted by Gasteiger charge is -2.40. The first kappa shape index (κ1) is 15.5. The van der Waals surface area contributed by atoms with Crippen LogP contribution in [0.2, 0.25) is 0 Å². The Morgan fingerprint density at radius 3 is 2.96 bits per heavy atom. The van der Waals surface area contributed by atoms with Gasteiger partial charge in [-0.3, -0.25) is 4.79 Å². The van der Waals surface area contributed by atoms with Gasteiger partial charge in [-0.05, 0) is 42.2 Å². The van der Waals surface area contributed by atoms with Gasteiger partial charge >= 0.3 is 5.97 Å². The standard InChI is InChI=1S/C22H31NO3/c1-13(2)15-10-9-14(3)11-19(15)25-22-17-12-23(4)18-8-6-5-7-16(18)20(17)21(24)26-22/h5-8,13-15,17,19-20,22H,9-12H2,1-4H3/t14-,15+,17-,19-,20+,22-/m1/s1/i5D,8D. The number of esters is 1. The Bertz CT molecular complexity index is 768. The SMILES string of the molecule is [2H]c1cc([2H])c2c(c1)[C@@H]1C(=O)O[C@@H](O[C@@H]3C[C@H](C)CC[C@H]3C(C)C)[C@@H]1CN2C. The molecule has 3 aliphatic rings. The van der Waals surface area contributed by atoms with Crippen molar-refractivity contribution in [3.63, 3.8) is 0 Å². The molecular weight excluding hydrogens is 326 g/mol. The highest BCUT2D eigenvalue weighted by Crippen LogP contribution is 2.46. The van der Waals surface area contributed by atoms with Crippen LogP contribution in [0.4, 0.5) is 5.69 Å². The first-order valence-corrected chi connectivity index (χ1v) is 9.94. The lowest BCUT2D eigenvalue weighted by molar-refractivity contribution is -0.195. The zero-order valence-electron chi connectivity index (χ0n) is 18.2. The smallest absolute Gasteiger partial charge is 0.316 e. The van der Waals surface area contributed by atoms with Crippen molar-refractivity contribution in [1.29, 1.82) is 0 Å². The van der Waals surface area contributed by atoms with E-state index in [1.165, 1.54) is 12.5 Å². The van der Waals surface area contributed by atoms with E-state index in [4.69, 9.17) is 12.2 Å². The number of hydrogen-bond donors (Lipinski definition) is 0. The summed E-state index contributed by atoms with van der Waals surface area (Å²) >= 11 is 0. The molecule has 0 bridgehead atoms. The van der Waals surface area contributed by atoms with Gasteiger partial charge in [0.15, 0.2) is 0 Å². The van der Waals surface area contributed by atoms with Crippen LogP contribution in [0.5, 0.6) is 0 Å². The van der Waals surface area contributed by atoms with E-state index in [1.54, 1.807) is 6.07 Å². The molecule has 6 atom stereocenters. The lowest BCUT2D eigenvalue weighted by atomic mass is 9.75.